The van der Waals surface area contributed by atoms with Crippen molar-refractivity contribution in [3.8, 4) is 11.5 Å². The van der Waals surface area contributed by atoms with Crippen LogP contribution in [0.3, 0.4) is 0 Å². The van der Waals surface area contributed by atoms with Crippen molar-refractivity contribution >= 4 is 11.8 Å². The first kappa shape index (κ1) is 24.6. The molecule has 0 fully saturated rings. The Bertz CT molecular complexity index is 1200. The summed E-state index contributed by atoms with van der Waals surface area (Å²) in [5.74, 6) is 1.70. The van der Waals surface area contributed by atoms with Gasteiger partial charge in [-0.05, 0) is 61.9 Å². The Kier molecular flexibility index (Phi) is 7.05. The topological polar surface area (TPSA) is 87.0 Å². The van der Waals surface area contributed by atoms with Gasteiger partial charge in [0, 0.05) is 23.4 Å². The smallest absolute Gasteiger partial charge is 0.336 e. The number of nitrogens with one attached hydrogen (secondary N) is 1. The number of rotatable bonds is 7. The minimum absolute atomic E-state index is 0.0146. The monoisotopic (exact) mass is 479 g/mol. The molecule has 0 bridgehead atoms. The van der Waals surface area contributed by atoms with E-state index in [2.05, 4.69) is 5.32 Å². The molecule has 0 saturated carbocycles. The van der Waals surface area contributed by atoms with Crippen LogP contribution in [0.4, 0.5) is 0 Å². The Morgan fingerprint density at radius 3 is 2.46 bits per heavy atom. The Hall–Kier alpha value is -3.48. The summed E-state index contributed by atoms with van der Waals surface area (Å²) >= 11 is 0. The van der Waals surface area contributed by atoms with Crippen molar-refractivity contribution < 1.29 is 28.2 Å². The maximum absolute atomic E-state index is 13.7. The Labute approximate surface area is 206 Å². The summed E-state index contributed by atoms with van der Waals surface area (Å²) in [5.41, 5.74) is 3.50. The molecule has 7 nitrogen and oxygen atoms in total. The maximum atomic E-state index is 13.7. The van der Waals surface area contributed by atoms with E-state index in [1.54, 1.807) is 14.2 Å². The van der Waals surface area contributed by atoms with Crippen molar-refractivity contribution in [2.75, 3.05) is 20.8 Å². The van der Waals surface area contributed by atoms with E-state index in [-0.39, 0.29) is 17.6 Å². The lowest BCUT2D eigenvalue weighted by Crippen LogP contribution is -2.36. The van der Waals surface area contributed by atoms with Crippen LogP contribution in [-0.2, 0) is 14.3 Å². The third-order valence-electron chi connectivity index (χ3n) is 6.52. The number of esters is 1. The number of ether oxygens (including phenoxy) is 3. The van der Waals surface area contributed by atoms with Gasteiger partial charge in [0.2, 0.25) is 0 Å². The lowest BCUT2D eigenvalue weighted by molar-refractivity contribution is -0.140. The molecule has 1 aliphatic heterocycles. The van der Waals surface area contributed by atoms with E-state index < -0.39 is 11.9 Å². The van der Waals surface area contributed by atoms with Gasteiger partial charge in [0.15, 0.2) is 17.3 Å². The van der Waals surface area contributed by atoms with E-state index in [4.69, 9.17) is 18.6 Å². The number of Topliss-reactive ketones (excluding diaryl/α,β-unsaturated/α-hetero) is 1. The van der Waals surface area contributed by atoms with Crippen LogP contribution in [0.25, 0.3) is 0 Å². The van der Waals surface area contributed by atoms with Crippen molar-refractivity contribution in [3.63, 3.8) is 0 Å². The van der Waals surface area contributed by atoms with Crippen LogP contribution in [0.5, 0.6) is 11.5 Å². The minimum atomic E-state index is -0.599. The number of furan rings is 1. The molecule has 7 heteroatoms. The second-order valence-corrected chi connectivity index (χ2v) is 9.57. The van der Waals surface area contributed by atoms with Gasteiger partial charge in [0.05, 0.1) is 32.3 Å². The number of hydrogen-bond acceptors (Lipinski definition) is 7. The molecule has 0 amide bonds. The summed E-state index contributed by atoms with van der Waals surface area (Å²) < 4.78 is 22.4. The van der Waals surface area contributed by atoms with Gasteiger partial charge in [-0.25, -0.2) is 4.79 Å². The van der Waals surface area contributed by atoms with Crippen LogP contribution < -0.4 is 14.8 Å². The summed E-state index contributed by atoms with van der Waals surface area (Å²) in [6, 6.07) is 9.45. The van der Waals surface area contributed by atoms with E-state index >= 15 is 0 Å². The molecular weight excluding hydrogens is 446 g/mol. The van der Waals surface area contributed by atoms with Crippen LogP contribution in [0, 0.1) is 12.8 Å². The lowest BCUT2D eigenvalue weighted by Gasteiger charge is -2.36. The highest BCUT2D eigenvalue weighted by Gasteiger charge is 2.43. The zero-order valence-electron chi connectivity index (χ0n) is 21.2. The maximum Gasteiger partial charge on any atom is 0.336 e. The number of carbonyl (C=O) groups excluding carboxylic acids is 2. The van der Waals surface area contributed by atoms with Gasteiger partial charge in [-0.3, -0.25) is 4.79 Å². The van der Waals surface area contributed by atoms with E-state index in [1.807, 2.05) is 58.0 Å². The van der Waals surface area contributed by atoms with Crippen LogP contribution in [0.2, 0.25) is 0 Å². The van der Waals surface area contributed by atoms with Crippen molar-refractivity contribution in [1.82, 2.24) is 5.32 Å². The molecule has 2 heterocycles. The highest BCUT2D eigenvalue weighted by atomic mass is 16.5. The number of carbonyl (C=O) groups is 2. The van der Waals surface area contributed by atoms with Crippen molar-refractivity contribution in [3.05, 3.63) is 70.0 Å². The van der Waals surface area contributed by atoms with Gasteiger partial charge in [-0.2, -0.15) is 0 Å². The average Bonchev–Trinajstić information content (AvgIpc) is 3.26. The number of aryl methyl sites for hydroxylation is 1. The fourth-order valence-electron chi connectivity index (χ4n) is 4.87. The van der Waals surface area contributed by atoms with E-state index in [9.17, 15) is 9.59 Å². The zero-order valence-corrected chi connectivity index (χ0v) is 21.2. The predicted molar refractivity (Wildman–Crippen MR) is 131 cm³/mol. The first-order valence-electron chi connectivity index (χ1n) is 11.9. The van der Waals surface area contributed by atoms with Gasteiger partial charge in [-0.1, -0.05) is 19.9 Å². The third-order valence-corrected chi connectivity index (χ3v) is 6.52. The molecule has 1 aromatic carbocycles. The zero-order chi connectivity index (χ0) is 25.3. The number of dihydropyridines is 1. The highest BCUT2D eigenvalue weighted by Crippen LogP contribution is 2.46. The summed E-state index contributed by atoms with van der Waals surface area (Å²) in [6.07, 6.45) is 0.942. The molecule has 35 heavy (non-hydrogen) atoms. The fourth-order valence-corrected chi connectivity index (χ4v) is 4.87. The van der Waals surface area contributed by atoms with Gasteiger partial charge >= 0.3 is 5.97 Å². The molecule has 0 radical (unpaired) electrons. The van der Waals surface area contributed by atoms with Crippen molar-refractivity contribution in [2.24, 2.45) is 5.92 Å². The second kappa shape index (κ2) is 10.0. The number of allylic oxidation sites excluding steroid dienone is 3. The van der Waals surface area contributed by atoms with Crippen molar-refractivity contribution in [2.45, 2.75) is 52.4 Å². The molecule has 1 N–H and O–H groups in total. The van der Waals surface area contributed by atoms with E-state index in [0.717, 1.165) is 17.0 Å². The summed E-state index contributed by atoms with van der Waals surface area (Å²) in [6.45, 7) is 7.98. The quantitative estimate of drug-likeness (QED) is 0.549. The average molecular weight is 480 g/mol. The number of benzene rings is 1. The van der Waals surface area contributed by atoms with Gasteiger partial charge in [-0.15, -0.1) is 0 Å². The minimum Gasteiger partial charge on any atom is -0.493 e. The normalized spacial score (nSPS) is 20.0. The molecule has 1 aromatic heterocycles. The molecule has 1 aliphatic carbocycles. The molecule has 2 aromatic rings. The molecular formula is C28H33NO6. The Morgan fingerprint density at radius 2 is 1.83 bits per heavy atom. The largest absolute Gasteiger partial charge is 0.493 e. The lowest BCUT2D eigenvalue weighted by atomic mass is 9.73. The van der Waals surface area contributed by atoms with Gasteiger partial charge in [0.1, 0.15) is 11.5 Å². The van der Waals surface area contributed by atoms with Gasteiger partial charge < -0.3 is 23.9 Å². The van der Waals surface area contributed by atoms with E-state index in [0.29, 0.717) is 53.6 Å². The SMILES string of the molecule is COc1ccc([C@H]2CC(=O)C3=C(C2)NC(C)=C(C(=O)OCC(C)C)[C@@H]3c2ccc(C)o2)cc1OC. The molecule has 186 valence electrons. The van der Waals surface area contributed by atoms with Crippen LogP contribution in [-0.4, -0.2) is 32.6 Å². The van der Waals surface area contributed by atoms with Crippen molar-refractivity contribution in [1.29, 1.82) is 0 Å². The standard InChI is InChI=1S/C28H33NO6/c1-15(2)14-34-28(31)25-17(4)29-20-11-19(18-8-10-22(32-5)24(13-18)33-6)12-21(30)26(20)27(25)23-9-7-16(3)35-23/h7-10,13,15,19,27,29H,11-12,14H2,1-6H3/t19-,27+/m1/s1. The molecule has 2 atom stereocenters. The van der Waals surface area contributed by atoms with Gasteiger partial charge in [0.25, 0.3) is 0 Å². The Balaban J connectivity index is 1.72. The van der Waals surface area contributed by atoms with E-state index in [1.165, 1.54) is 0 Å². The molecule has 0 saturated heterocycles. The molecule has 4 rings (SSSR count). The number of ketones is 1. The number of hydrogen-bond donors (Lipinski definition) is 1. The van der Waals surface area contributed by atoms with Crippen LogP contribution >= 0.6 is 0 Å². The third kappa shape index (κ3) is 4.85. The second-order valence-electron chi connectivity index (χ2n) is 9.57. The molecule has 0 spiro atoms. The molecule has 2 aliphatic rings. The summed E-state index contributed by atoms with van der Waals surface area (Å²) in [5, 5.41) is 3.36. The first-order valence-corrected chi connectivity index (χ1v) is 11.9. The Morgan fingerprint density at radius 1 is 1.09 bits per heavy atom. The summed E-state index contributed by atoms with van der Waals surface area (Å²) in [7, 11) is 3.20. The fraction of sp³-hybridized carbons (Fsp3) is 0.429. The first-order chi connectivity index (χ1) is 16.7. The molecule has 0 unspecified atom stereocenters. The predicted octanol–water partition coefficient (Wildman–Crippen LogP) is 5.17. The highest BCUT2D eigenvalue weighted by molar-refractivity contribution is 6.04. The number of methoxy groups -OCH3 is 2. The van der Waals surface area contributed by atoms with Crippen LogP contribution in [0.1, 0.15) is 62.5 Å². The van der Waals surface area contributed by atoms with Crippen LogP contribution in [0.15, 0.2) is 57.3 Å². The summed E-state index contributed by atoms with van der Waals surface area (Å²) in [4.78, 5) is 26.8.